The van der Waals surface area contributed by atoms with E-state index < -0.39 is 0 Å². The van der Waals surface area contributed by atoms with Crippen molar-refractivity contribution in [1.29, 1.82) is 0 Å². The third-order valence-electron chi connectivity index (χ3n) is 4.52. The van der Waals surface area contributed by atoms with Crippen molar-refractivity contribution in [2.75, 3.05) is 33.4 Å². The first-order chi connectivity index (χ1) is 8.22. The average molecular weight is 240 g/mol. The number of hydrogen-bond donors (Lipinski definition) is 1. The van der Waals surface area contributed by atoms with Gasteiger partial charge >= 0.3 is 0 Å². The van der Waals surface area contributed by atoms with Crippen molar-refractivity contribution < 1.29 is 4.74 Å². The van der Waals surface area contributed by atoms with Gasteiger partial charge in [-0.2, -0.15) is 0 Å². The summed E-state index contributed by atoms with van der Waals surface area (Å²) in [6.45, 7) is 9.08. The Kier molecular flexibility index (Phi) is 4.83. The highest BCUT2D eigenvalue weighted by molar-refractivity contribution is 4.95. The molecule has 1 saturated heterocycles. The van der Waals surface area contributed by atoms with Gasteiger partial charge in [-0.15, -0.1) is 0 Å². The highest BCUT2D eigenvalue weighted by Gasteiger charge is 2.39. The molecule has 100 valence electrons. The van der Waals surface area contributed by atoms with Crippen LogP contribution in [0.3, 0.4) is 0 Å². The van der Waals surface area contributed by atoms with E-state index in [0.29, 0.717) is 6.04 Å². The van der Waals surface area contributed by atoms with Crippen LogP contribution in [0.15, 0.2) is 0 Å². The predicted octanol–water partition coefficient (Wildman–Crippen LogP) is 1.73. The molecule has 3 heteroatoms. The molecule has 0 aromatic heterocycles. The van der Waals surface area contributed by atoms with Crippen LogP contribution in [0.2, 0.25) is 0 Å². The van der Waals surface area contributed by atoms with Crippen molar-refractivity contribution in [2.45, 2.75) is 45.2 Å². The molecule has 2 unspecified atom stereocenters. The third kappa shape index (κ3) is 3.21. The smallest absolute Gasteiger partial charge is 0.0587 e. The topological polar surface area (TPSA) is 24.5 Å². The first-order valence-corrected chi connectivity index (χ1v) is 7.18. The molecule has 0 aromatic rings. The van der Waals surface area contributed by atoms with E-state index in [2.05, 4.69) is 24.1 Å². The molecule has 0 amide bonds. The summed E-state index contributed by atoms with van der Waals surface area (Å²) < 4.78 is 5.14. The lowest BCUT2D eigenvalue weighted by Gasteiger charge is -2.49. The van der Waals surface area contributed by atoms with Crippen LogP contribution in [0.4, 0.5) is 0 Å². The molecule has 1 saturated carbocycles. The second-order valence-corrected chi connectivity index (χ2v) is 5.97. The minimum atomic E-state index is 0.707. The summed E-state index contributed by atoms with van der Waals surface area (Å²) in [4.78, 5) is 2.67. The minimum Gasteiger partial charge on any atom is -0.383 e. The molecular weight excluding hydrogens is 212 g/mol. The van der Waals surface area contributed by atoms with Gasteiger partial charge in [0.1, 0.15) is 0 Å². The third-order valence-corrected chi connectivity index (χ3v) is 4.52. The van der Waals surface area contributed by atoms with Crippen LogP contribution < -0.4 is 5.32 Å². The normalized spacial score (nSPS) is 34.2. The van der Waals surface area contributed by atoms with Crippen LogP contribution in [-0.2, 0) is 4.74 Å². The number of ether oxygens (including phenoxy) is 1. The summed E-state index contributed by atoms with van der Waals surface area (Å²) >= 11 is 0. The first kappa shape index (κ1) is 13.3. The van der Waals surface area contributed by atoms with E-state index in [0.717, 1.165) is 31.0 Å². The van der Waals surface area contributed by atoms with Crippen molar-refractivity contribution in [3.8, 4) is 0 Å². The molecule has 2 rings (SSSR count). The standard InChI is InChI=1S/C14H28N2O/c1-11(2)16-9-12-5-4-6-13(10-16)14(12)15-7-8-17-3/h11-15H,4-10H2,1-3H3. The first-order valence-electron chi connectivity index (χ1n) is 7.18. The van der Waals surface area contributed by atoms with Crippen molar-refractivity contribution in [1.82, 2.24) is 10.2 Å². The van der Waals surface area contributed by atoms with Gasteiger partial charge in [0.15, 0.2) is 0 Å². The average Bonchev–Trinajstić information content (AvgIpc) is 2.28. The van der Waals surface area contributed by atoms with Gasteiger partial charge in [-0.05, 0) is 38.5 Å². The van der Waals surface area contributed by atoms with Gasteiger partial charge in [-0.25, -0.2) is 0 Å². The second-order valence-electron chi connectivity index (χ2n) is 5.97. The van der Waals surface area contributed by atoms with Crippen LogP contribution in [0.5, 0.6) is 0 Å². The zero-order chi connectivity index (χ0) is 12.3. The van der Waals surface area contributed by atoms with E-state index in [-0.39, 0.29) is 0 Å². The highest BCUT2D eigenvalue weighted by Crippen LogP contribution is 2.35. The van der Waals surface area contributed by atoms with Crippen LogP contribution >= 0.6 is 0 Å². The second kappa shape index (κ2) is 6.17. The van der Waals surface area contributed by atoms with Gasteiger partial charge in [0, 0.05) is 38.8 Å². The van der Waals surface area contributed by atoms with Crippen molar-refractivity contribution in [3.63, 3.8) is 0 Å². The molecule has 1 aliphatic heterocycles. The number of nitrogens with one attached hydrogen (secondary N) is 1. The van der Waals surface area contributed by atoms with E-state index in [9.17, 15) is 0 Å². The molecule has 3 nitrogen and oxygen atoms in total. The predicted molar refractivity (Wildman–Crippen MR) is 71.2 cm³/mol. The maximum absolute atomic E-state index is 5.14. The number of nitrogens with zero attached hydrogens (tertiary/aromatic N) is 1. The molecule has 2 bridgehead atoms. The van der Waals surface area contributed by atoms with E-state index >= 15 is 0 Å². The minimum absolute atomic E-state index is 0.707. The monoisotopic (exact) mass is 240 g/mol. The maximum atomic E-state index is 5.14. The molecule has 0 radical (unpaired) electrons. The number of piperidine rings is 1. The van der Waals surface area contributed by atoms with Crippen LogP contribution in [-0.4, -0.2) is 50.3 Å². The van der Waals surface area contributed by atoms with Gasteiger partial charge < -0.3 is 15.0 Å². The molecule has 0 spiro atoms. The summed E-state index contributed by atoms with van der Waals surface area (Å²) in [6.07, 6.45) is 4.25. The molecule has 17 heavy (non-hydrogen) atoms. The maximum Gasteiger partial charge on any atom is 0.0587 e. The molecular formula is C14H28N2O. The van der Waals surface area contributed by atoms with E-state index in [1.54, 1.807) is 7.11 Å². The van der Waals surface area contributed by atoms with Gasteiger partial charge in [0.25, 0.3) is 0 Å². The SMILES string of the molecule is COCCNC1C2CCCC1CN(C(C)C)C2. The van der Waals surface area contributed by atoms with Gasteiger partial charge in [0.05, 0.1) is 6.61 Å². The van der Waals surface area contributed by atoms with Gasteiger partial charge in [0.2, 0.25) is 0 Å². The molecule has 1 N–H and O–H groups in total. The van der Waals surface area contributed by atoms with Gasteiger partial charge in [-0.1, -0.05) is 6.42 Å². The number of methoxy groups -OCH3 is 1. The molecule has 1 heterocycles. The van der Waals surface area contributed by atoms with Crippen LogP contribution in [0.25, 0.3) is 0 Å². The fourth-order valence-electron chi connectivity index (χ4n) is 3.56. The Morgan fingerprint density at radius 2 is 1.88 bits per heavy atom. The number of likely N-dealkylation sites (tertiary alicyclic amines) is 1. The number of rotatable bonds is 5. The molecule has 2 aliphatic rings. The van der Waals surface area contributed by atoms with Gasteiger partial charge in [-0.3, -0.25) is 0 Å². The Morgan fingerprint density at radius 1 is 1.24 bits per heavy atom. The Bertz CT molecular complexity index is 218. The Morgan fingerprint density at radius 3 is 2.41 bits per heavy atom. The Balaban J connectivity index is 1.90. The largest absolute Gasteiger partial charge is 0.383 e. The van der Waals surface area contributed by atoms with Crippen LogP contribution in [0.1, 0.15) is 33.1 Å². The summed E-state index contributed by atoms with van der Waals surface area (Å²) in [5.41, 5.74) is 0. The van der Waals surface area contributed by atoms with Crippen molar-refractivity contribution in [2.24, 2.45) is 11.8 Å². The van der Waals surface area contributed by atoms with Crippen molar-refractivity contribution >= 4 is 0 Å². The highest BCUT2D eigenvalue weighted by atomic mass is 16.5. The summed E-state index contributed by atoms with van der Waals surface area (Å²) in [6, 6.07) is 1.45. The molecule has 0 aromatic carbocycles. The molecule has 2 fully saturated rings. The summed E-state index contributed by atoms with van der Waals surface area (Å²) in [7, 11) is 1.78. The lowest BCUT2D eigenvalue weighted by molar-refractivity contribution is 0.0271. The lowest BCUT2D eigenvalue weighted by atomic mass is 9.73. The fourth-order valence-corrected chi connectivity index (χ4v) is 3.56. The zero-order valence-corrected chi connectivity index (χ0v) is 11.6. The van der Waals surface area contributed by atoms with E-state index in [4.69, 9.17) is 4.74 Å². The fraction of sp³-hybridized carbons (Fsp3) is 1.00. The van der Waals surface area contributed by atoms with Crippen molar-refractivity contribution in [3.05, 3.63) is 0 Å². The Hall–Kier alpha value is -0.120. The number of fused-ring (bicyclic) bond motifs is 2. The molecule has 2 atom stereocenters. The van der Waals surface area contributed by atoms with Crippen LogP contribution in [0, 0.1) is 11.8 Å². The summed E-state index contributed by atoms with van der Waals surface area (Å²) in [5.74, 6) is 1.73. The quantitative estimate of drug-likeness (QED) is 0.741. The Labute approximate surface area is 106 Å². The lowest BCUT2D eigenvalue weighted by Crippen LogP contribution is -2.58. The summed E-state index contributed by atoms with van der Waals surface area (Å²) in [5, 5.41) is 3.73. The van der Waals surface area contributed by atoms with E-state index in [1.165, 1.54) is 32.4 Å². The number of hydrogen-bond acceptors (Lipinski definition) is 3. The zero-order valence-electron chi connectivity index (χ0n) is 11.6. The molecule has 1 aliphatic carbocycles. The van der Waals surface area contributed by atoms with E-state index in [1.807, 2.05) is 0 Å².